The van der Waals surface area contributed by atoms with Crippen LogP contribution in [0.4, 0.5) is 4.39 Å². The Morgan fingerprint density at radius 2 is 1.97 bits per heavy atom. The van der Waals surface area contributed by atoms with E-state index in [1.807, 2.05) is 17.7 Å². The van der Waals surface area contributed by atoms with E-state index in [2.05, 4.69) is 15.4 Å². The number of halogens is 1. The smallest absolute Gasteiger partial charge is 0.261 e. The van der Waals surface area contributed by atoms with Gasteiger partial charge >= 0.3 is 0 Å². The SMILES string of the molecule is Cc1nn(Cc2ccc(F)cc2)c2sc(C(=O)NCCc3ccc(=O)[nH]c3)cc12. The molecular weight excluding hydrogens is 391 g/mol. The molecule has 1 amide bonds. The summed E-state index contributed by atoms with van der Waals surface area (Å²) in [5.74, 6) is -0.407. The molecule has 4 aromatic rings. The van der Waals surface area contributed by atoms with Crippen LogP contribution in [-0.2, 0) is 13.0 Å². The van der Waals surface area contributed by atoms with Gasteiger partial charge in [-0.15, -0.1) is 11.3 Å². The van der Waals surface area contributed by atoms with Gasteiger partial charge < -0.3 is 10.3 Å². The third kappa shape index (κ3) is 4.27. The largest absolute Gasteiger partial charge is 0.351 e. The van der Waals surface area contributed by atoms with Crippen LogP contribution in [0, 0.1) is 12.7 Å². The van der Waals surface area contributed by atoms with Gasteiger partial charge in [0.2, 0.25) is 5.56 Å². The van der Waals surface area contributed by atoms with Crippen LogP contribution in [0.15, 0.2) is 53.5 Å². The summed E-state index contributed by atoms with van der Waals surface area (Å²) in [4.78, 5) is 27.8. The quantitative estimate of drug-likeness (QED) is 0.512. The highest BCUT2D eigenvalue weighted by molar-refractivity contribution is 7.20. The molecule has 4 rings (SSSR count). The van der Waals surface area contributed by atoms with Crippen LogP contribution in [0.3, 0.4) is 0 Å². The number of H-pyrrole nitrogens is 1. The van der Waals surface area contributed by atoms with Crippen molar-refractivity contribution in [2.24, 2.45) is 0 Å². The normalized spacial score (nSPS) is 11.1. The minimum Gasteiger partial charge on any atom is -0.351 e. The predicted molar refractivity (Wildman–Crippen MR) is 111 cm³/mol. The van der Waals surface area contributed by atoms with Crippen molar-refractivity contribution in [1.29, 1.82) is 0 Å². The second-order valence-electron chi connectivity index (χ2n) is 6.77. The van der Waals surface area contributed by atoms with Crippen molar-refractivity contribution in [3.8, 4) is 0 Å². The third-order valence-corrected chi connectivity index (χ3v) is 5.77. The van der Waals surface area contributed by atoms with Gasteiger partial charge in [0.1, 0.15) is 10.6 Å². The number of nitrogens with one attached hydrogen (secondary N) is 2. The topological polar surface area (TPSA) is 79.8 Å². The van der Waals surface area contributed by atoms with E-state index in [0.29, 0.717) is 24.4 Å². The van der Waals surface area contributed by atoms with Crippen LogP contribution in [-0.4, -0.2) is 27.2 Å². The van der Waals surface area contributed by atoms with Gasteiger partial charge in [-0.25, -0.2) is 4.39 Å². The maximum atomic E-state index is 13.1. The van der Waals surface area contributed by atoms with E-state index >= 15 is 0 Å². The van der Waals surface area contributed by atoms with Gasteiger partial charge in [0, 0.05) is 24.2 Å². The molecule has 148 valence electrons. The highest BCUT2D eigenvalue weighted by Crippen LogP contribution is 2.28. The highest BCUT2D eigenvalue weighted by Gasteiger charge is 2.16. The number of nitrogens with zero attached hydrogens (tertiary/aromatic N) is 2. The van der Waals surface area contributed by atoms with Crippen LogP contribution in [0.1, 0.15) is 26.5 Å². The fourth-order valence-corrected chi connectivity index (χ4v) is 4.18. The maximum Gasteiger partial charge on any atom is 0.261 e. The first-order valence-corrected chi connectivity index (χ1v) is 9.98. The summed E-state index contributed by atoms with van der Waals surface area (Å²) >= 11 is 1.39. The molecule has 0 aliphatic carbocycles. The molecule has 0 spiro atoms. The van der Waals surface area contributed by atoms with Crippen molar-refractivity contribution in [3.05, 3.63) is 86.5 Å². The molecule has 0 fully saturated rings. The van der Waals surface area contributed by atoms with Gasteiger partial charge in [0.25, 0.3) is 5.91 Å². The number of thiophene rings is 1. The monoisotopic (exact) mass is 410 g/mol. The molecule has 2 N–H and O–H groups in total. The van der Waals surface area contributed by atoms with E-state index in [1.165, 1.54) is 29.5 Å². The van der Waals surface area contributed by atoms with E-state index < -0.39 is 0 Å². The Labute approximate surface area is 170 Å². The summed E-state index contributed by atoms with van der Waals surface area (Å²) < 4.78 is 15.0. The lowest BCUT2D eigenvalue weighted by molar-refractivity contribution is 0.0958. The van der Waals surface area contributed by atoms with Crippen molar-refractivity contribution >= 4 is 27.5 Å². The number of amides is 1. The number of carbonyl (C=O) groups excluding carboxylic acids is 1. The zero-order valence-electron chi connectivity index (χ0n) is 15.7. The molecule has 3 aromatic heterocycles. The van der Waals surface area contributed by atoms with Crippen molar-refractivity contribution in [2.75, 3.05) is 6.54 Å². The summed E-state index contributed by atoms with van der Waals surface area (Å²) in [7, 11) is 0. The van der Waals surface area contributed by atoms with Crippen LogP contribution in [0.5, 0.6) is 0 Å². The zero-order chi connectivity index (χ0) is 20.4. The van der Waals surface area contributed by atoms with Crippen molar-refractivity contribution < 1.29 is 9.18 Å². The van der Waals surface area contributed by atoms with E-state index in [1.54, 1.807) is 24.4 Å². The Bertz CT molecular complexity index is 1200. The number of rotatable bonds is 6. The minimum atomic E-state index is -0.271. The number of fused-ring (bicyclic) bond motifs is 1. The Kier molecular flexibility index (Phi) is 5.26. The Morgan fingerprint density at radius 3 is 2.69 bits per heavy atom. The lowest BCUT2D eigenvalue weighted by Crippen LogP contribution is -2.25. The van der Waals surface area contributed by atoms with E-state index in [0.717, 1.165) is 27.0 Å². The average Bonchev–Trinajstić information content (AvgIpc) is 3.27. The highest BCUT2D eigenvalue weighted by atomic mass is 32.1. The predicted octanol–water partition coefficient (Wildman–Crippen LogP) is 3.25. The van der Waals surface area contributed by atoms with E-state index in [4.69, 9.17) is 0 Å². The van der Waals surface area contributed by atoms with Crippen LogP contribution in [0.2, 0.25) is 0 Å². The summed E-state index contributed by atoms with van der Waals surface area (Å²) in [6.07, 6.45) is 2.28. The number of aromatic amines is 1. The fourth-order valence-electron chi connectivity index (χ4n) is 3.10. The van der Waals surface area contributed by atoms with Gasteiger partial charge in [-0.3, -0.25) is 14.3 Å². The molecular formula is C21H19FN4O2S. The Morgan fingerprint density at radius 1 is 1.21 bits per heavy atom. The number of hydrogen-bond donors (Lipinski definition) is 2. The second-order valence-corrected chi connectivity index (χ2v) is 7.80. The second kappa shape index (κ2) is 8.00. The number of benzene rings is 1. The van der Waals surface area contributed by atoms with Crippen molar-refractivity contribution in [1.82, 2.24) is 20.1 Å². The van der Waals surface area contributed by atoms with Crippen LogP contribution in [0.25, 0.3) is 10.2 Å². The number of aryl methyl sites for hydroxylation is 1. The standard InChI is InChI=1S/C21H19FN4O2S/c1-13-17-10-18(20(28)23-9-8-14-4-7-19(27)24-11-14)29-21(17)26(25-13)12-15-2-5-16(22)6-3-15/h2-7,10-11H,8-9,12H2,1H3,(H,23,28)(H,24,27). The van der Waals surface area contributed by atoms with E-state index in [9.17, 15) is 14.0 Å². The Balaban J connectivity index is 1.46. The summed E-state index contributed by atoms with van der Waals surface area (Å²) in [5, 5.41) is 8.41. The Hall–Kier alpha value is -3.26. The van der Waals surface area contributed by atoms with Gasteiger partial charge in [-0.2, -0.15) is 5.10 Å². The molecule has 6 nitrogen and oxygen atoms in total. The lowest BCUT2D eigenvalue weighted by Gasteiger charge is -2.04. The molecule has 0 unspecified atom stereocenters. The fraction of sp³-hybridized carbons (Fsp3) is 0.190. The minimum absolute atomic E-state index is 0.136. The summed E-state index contributed by atoms with van der Waals surface area (Å²) in [5.41, 5.74) is 2.60. The zero-order valence-corrected chi connectivity index (χ0v) is 16.6. The summed E-state index contributed by atoms with van der Waals surface area (Å²) in [6.45, 7) is 2.90. The van der Waals surface area contributed by atoms with Gasteiger partial charge in [0.15, 0.2) is 0 Å². The molecule has 0 aliphatic heterocycles. The first kappa shape index (κ1) is 19.1. The third-order valence-electron chi connectivity index (χ3n) is 4.62. The molecule has 0 radical (unpaired) electrons. The number of pyridine rings is 1. The number of carbonyl (C=O) groups is 1. The first-order chi connectivity index (χ1) is 14.0. The van der Waals surface area contributed by atoms with Crippen LogP contribution >= 0.6 is 11.3 Å². The number of hydrogen-bond acceptors (Lipinski definition) is 4. The maximum absolute atomic E-state index is 13.1. The van der Waals surface area contributed by atoms with Gasteiger partial charge in [-0.05, 0) is 42.7 Å². The molecule has 0 saturated carbocycles. The molecule has 0 bridgehead atoms. The van der Waals surface area contributed by atoms with Crippen molar-refractivity contribution in [2.45, 2.75) is 19.9 Å². The van der Waals surface area contributed by atoms with Gasteiger partial charge in [0.05, 0.1) is 17.1 Å². The van der Waals surface area contributed by atoms with Gasteiger partial charge in [-0.1, -0.05) is 18.2 Å². The molecule has 1 aromatic carbocycles. The molecule has 0 atom stereocenters. The van der Waals surface area contributed by atoms with E-state index in [-0.39, 0.29) is 17.3 Å². The number of aromatic nitrogens is 3. The molecule has 0 saturated heterocycles. The molecule has 8 heteroatoms. The first-order valence-electron chi connectivity index (χ1n) is 9.17. The molecule has 3 heterocycles. The van der Waals surface area contributed by atoms with Crippen molar-refractivity contribution in [3.63, 3.8) is 0 Å². The average molecular weight is 410 g/mol. The van der Waals surface area contributed by atoms with Crippen LogP contribution < -0.4 is 10.9 Å². The molecule has 29 heavy (non-hydrogen) atoms. The molecule has 0 aliphatic rings. The summed E-state index contributed by atoms with van der Waals surface area (Å²) in [6, 6.07) is 11.4. The lowest BCUT2D eigenvalue weighted by atomic mass is 10.2.